The third-order valence-electron chi connectivity index (χ3n) is 4.20. The maximum atomic E-state index is 9.81. The van der Waals surface area contributed by atoms with E-state index >= 15 is 0 Å². The van der Waals surface area contributed by atoms with E-state index in [1.54, 1.807) is 0 Å². The number of hydrogen-bond donors (Lipinski definition) is 1. The molecular weight excluding hydrogens is 162 g/mol. The molecule has 0 aromatic carbocycles. The van der Waals surface area contributed by atoms with E-state index in [9.17, 15) is 5.11 Å². The van der Waals surface area contributed by atoms with Crippen LogP contribution in [0.4, 0.5) is 0 Å². The van der Waals surface area contributed by atoms with E-state index in [-0.39, 0.29) is 6.10 Å². The normalized spacial score (nSPS) is 52.2. The van der Waals surface area contributed by atoms with Crippen molar-refractivity contribution >= 4 is 0 Å². The summed E-state index contributed by atoms with van der Waals surface area (Å²) in [7, 11) is 2.20. The van der Waals surface area contributed by atoms with Crippen LogP contribution in [0.2, 0.25) is 0 Å². The predicted octanol–water partition coefficient (Wildman–Crippen LogP) is 1.20. The van der Waals surface area contributed by atoms with Crippen molar-refractivity contribution in [2.45, 2.75) is 26.4 Å². The van der Waals surface area contributed by atoms with E-state index in [2.05, 4.69) is 25.8 Å². The molecule has 2 fully saturated rings. The summed E-state index contributed by atoms with van der Waals surface area (Å²) >= 11 is 0. The first-order chi connectivity index (χ1) is 6.09. The molecule has 1 saturated heterocycles. The summed E-state index contributed by atoms with van der Waals surface area (Å²) in [5, 5.41) is 9.81. The maximum absolute atomic E-state index is 9.81. The Hall–Kier alpha value is -0.0800. The molecule has 1 heterocycles. The predicted molar refractivity (Wildman–Crippen MR) is 53.4 cm³/mol. The van der Waals surface area contributed by atoms with Crippen LogP contribution in [0, 0.1) is 23.7 Å². The fourth-order valence-corrected chi connectivity index (χ4v) is 3.36. The molecule has 5 atom stereocenters. The molecule has 0 unspecified atom stereocenters. The second kappa shape index (κ2) is 3.25. The summed E-state index contributed by atoms with van der Waals surface area (Å²) in [6, 6.07) is 0. The van der Waals surface area contributed by atoms with E-state index < -0.39 is 0 Å². The standard InChI is InChI=1S/C11H21NO/c1-7-5-12(3)6-10-8(2)11(13)4-9(7)10/h7-11,13H,4-6H2,1-3H3/t7-,8-,9-,10+,11+/m0/s1. The minimum Gasteiger partial charge on any atom is -0.393 e. The van der Waals surface area contributed by atoms with Crippen molar-refractivity contribution in [3.05, 3.63) is 0 Å². The highest BCUT2D eigenvalue weighted by Crippen LogP contribution is 2.44. The fourth-order valence-electron chi connectivity index (χ4n) is 3.36. The molecule has 0 aromatic heterocycles. The third kappa shape index (κ3) is 1.50. The molecule has 1 aliphatic carbocycles. The van der Waals surface area contributed by atoms with Gasteiger partial charge < -0.3 is 10.0 Å². The number of aliphatic hydroxyl groups excluding tert-OH is 1. The lowest BCUT2D eigenvalue weighted by Crippen LogP contribution is -2.42. The highest BCUT2D eigenvalue weighted by Gasteiger charge is 2.44. The molecule has 0 bridgehead atoms. The minimum absolute atomic E-state index is 0.0380. The molecule has 0 radical (unpaired) electrons. The summed E-state index contributed by atoms with van der Waals surface area (Å²) in [6.07, 6.45) is 1.00. The van der Waals surface area contributed by atoms with Crippen molar-refractivity contribution in [1.29, 1.82) is 0 Å². The Bertz CT molecular complexity index is 195. The summed E-state index contributed by atoms with van der Waals surface area (Å²) < 4.78 is 0. The van der Waals surface area contributed by atoms with E-state index in [4.69, 9.17) is 0 Å². The first-order valence-electron chi connectivity index (χ1n) is 5.46. The molecule has 76 valence electrons. The zero-order chi connectivity index (χ0) is 9.59. The van der Waals surface area contributed by atoms with Gasteiger partial charge in [-0.15, -0.1) is 0 Å². The van der Waals surface area contributed by atoms with E-state index in [1.165, 1.54) is 13.1 Å². The highest BCUT2D eigenvalue weighted by molar-refractivity contribution is 4.95. The van der Waals surface area contributed by atoms with Crippen LogP contribution in [0.5, 0.6) is 0 Å². The van der Waals surface area contributed by atoms with E-state index in [0.717, 1.165) is 24.2 Å². The minimum atomic E-state index is -0.0380. The van der Waals surface area contributed by atoms with Crippen LogP contribution < -0.4 is 0 Å². The van der Waals surface area contributed by atoms with Crippen LogP contribution in [-0.4, -0.2) is 36.2 Å². The van der Waals surface area contributed by atoms with Gasteiger partial charge in [0.2, 0.25) is 0 Å². The van der Waals surface area contributed by atoms with Gasteiger partial charge in [-0.1, -0.05) is 13.8 Å². The highest BCUT2D eigenvalue weighted by atomic mass is 16.3. The van der Waals surface area contributed by atoms with Crippen LogP contribution in [0.1, 0.15) is 20.3 Å². The van der Waals surface area contributed by atoms with Gasteiger partial charge in [0, 0.05) is 13.1 Å². The number of likely N-dealkylation sites (tertiary alicyclic amines) is 1. The van der Waals surface area contributed by atoms with Crippen molar-refractivity contribution in [3.63, 3.8) is 0 Å². The second-order valence-corrected chi connectivity index (χ2v) is 5.19. The number of aliphatic hydroxyl groups is 1. The lowest BCUT2D eigenvalue weighted by atomic mass is 9.79. The number of rotatable bonds is 0. The molecule has 2 rings (SSSR count). The number of hydrogen-bond acceptors (Lipinski definition) is 2. The molecule has 2 heteroatoms. The van der Waals surface area contributed by atoms with Gasteiger partial charge in [-0.25, -0.2) is 0 Å². The van der Waals surface area contributed by atoms with Gasteiger partial charge in [-0.2, -0.15) is 0 Å². The molecule has 2 aliphatic rings. The number of piperidine rings is 1. The summed E-state index contributed by atoms with van der Waals surface area (Å²) in [5.74, 6) is 2.79. The zero-order valence-electron chi connectivity index (χ0n) is 8.90. The zero-order valence-corrected chi connectivity index (χ0v) is 8.90. The van der Waals surface area contributed by atoms with Crippen molar-refractivity contribution in [3.8, 4) is 0 Å². The van der Waals surface area contributed by atoms with Crippen LogP contribution in [0.15, 0.2) is 0 Å². The topological polar surface area (TPSA) is 23.5 Å². The Morgan fingerprint density at radius 3 is 2.54 bits per heavy atom. The summed E-state index contributed by atoms with van der Waals surface area (Å²) in [5.41, 5.74) is 0. The smallest absolute Gasteiger partial charge is 0.0571 e. The molecule has 13 heavy (non-hydrogen) atoms. The van der Waals surface area contributed by atoms with Gasteiger partial charge in [-0.3, -0.25) is 0 Å². The second-order valence-electron chi connectivity index (χ2n) is 5.19. The van der Waals surface area contributed by atoms with E-state index in [1.807, 2.05) is 0 Å². The van der Waals surface area contributed by atoms with E-state index in [0.29, 0.717) is 5.92 Å². The van der Waals surface area contributed by atoms with Crippen LogP contribution in [0.25, 0.3) is 0 Å². The van der Waals surface area contributed by atoms with Gasteiger partial charge >= 0.3 is 0 Å². The monoisotopic (exact) mass is 183 g/mol. The van der Waals surface area contributed by atoms with Crippen molar-refractivity contribution in [2.24, 2.45) is 23.7 Å². The Balaban J connectivity index is 2.12. The fraction of sp³-hybridized carbons (Fsp3) is 1.00. The molecular formula is C11H21NO. The van der Waals surface area contributed by atoms with Crippen molar-refractivity contribution in [2.75, 3.05) is 20.1 Å². The third-order valence-corrected chi connectivity index (χ3v) is 4.20. The Morgan fingerprint density at radius 1 is 1.15 bits per heavy atom. The van der Waals surface area contributed by atoms with Gasteiger partial charge in [0.15, 0.2) is 0 Å². The quantitative estimate of drug-likeness (QED) is 0.610. The van der Waals surface area contributed by atoms with Gasteiger partial charge in [-0.05, 0) is 37.1 Å². The molecule has 1 saturated carbocycles. The van der Waals surface area contributed by atoms with Gasteiger partial charge in [0.05, 0.1) is 6.10 Å². The first-order valence-corrected chi connectivity index (χ1v) is 5.46. The molecule has 0 spiro atoms. The van der Waals surface area contributed by atoms with Crippen molar-refractivity contribution < 1.29 is 5.11 Å². The summed E-state index contributed by atoms with van der Waals surface area (Å²) in [4.78, 5) is 2.42. The SMILES string of the molecule is C[C@H]1[C@H]2CN(C)C[C@H](C)[C@@H]2C[C@H]1O. The van der Waals surface area contributed by atoms with Gasteiger partial charge in [0.1, 0.15) is 0 Å². The van der Waals surface area contributed by atoms with Crippen LogP contribution >= 0.6 is 0 Å². The molecule has 2 nitrogen and oxygen atoms in total. The largest absolute Gasteiger partial charge is 0.393 e. The Morgan fingerprint density at radius 2 is 1.85 bits per heavy atom. The summed E-state index contributed by atoms with van der Waals surface area (Å²) in [6.45, 7) is 6.94. The van der Waals surface area contributed by atoms with Crippen LogP contribution in [-0.2, 0) is 0 Å². The van der Waals surface area contributed by atoms with Crippen LogP contribution in [0.3, 0.4) is 0 Å². The number of nitrogens with zero attached hydrogens (tertiary/aromatic N) is 1. The average molecular weight is 183 g/mol. The number of fused-ring (bicyclic) bond motifs is 1. The lowest BCUT2D eigenvalue weighted by molar-refractivity contribution is 0.0850. The van der Waals surface area contributed by atoms with Crippen molar-refractivity contribution in [1.82, 2.24) is 4.90 Å². The molecule has 0 aromatic rings. The molecule has 1 aliphatic heterocycles. The first kappa shape index (κ1) is 9.47. The van der Waals surface area contributed by atoms with Gasteiger partial charge in [0.25, 0.3) is 0 Å². The lowest BCUT2D eigenvalue weighted by Gasteiger charge is -2.38. The Labute approximate surface area is 80.9 Å². The molecule has 0 amide bonds. The Kier molecular flexibility index (Phi) is 2.37. The maximum Gasteiger partial charge on any atom is 0.0571 e. The molecule has 1 N–H and O–H groups in total. The average Bonchev–Trinajstić information content (AvgIpc) is 2.32.